The van der Waals surface area contributed by atoms with Crippen molar-refractivity contribution in [2.75, 3.05) is 18.0 Å². The zero-order valence-electron chi connectivity index (χ0n) is 15.8. The molecule has 1 aliphatic heterocycles. The molecule has 0 atom stereocenters. The largest absolute Gasteiger partial charge is 0.371 e. The number of rotatable bonds is 5. The third kappa shape index (κ3) is 3.12. The van der Waals surface area contributed by atoms with Crippen LogP contribution in [0.15, 0.2) is 60.9 Å². The number of para-hydroxylation sites is 1. The van der Waals surface area contributed by atoms with E-state index in [4.69, 9.17) is 0 Å². The molecule has 3 nitrogen and oxygen atoms in total. The van der Waals surface area contributed by atoms with E-state index in [1.165, 1.54) is 65.4 Å². The Kier molecular flexibility index (Phi) is 4.36. The molecule has 0 unspecified atom stereocenters. The molecule has 4 aromatic rings. The first-order valence-corrected chi connectivity index (χ1v) is 10.3. The van der Waals surface area contributed by atoms with Crippen molar-refractivity contribution in [1.29, 1.82) is 0 Å². The molecule has 2 aromatic carbocycles. The van der Waals surface area contributed by atoms with Crippen LogP contribution in [-0.4, -0.2) is 22.6 Å². The van der Waals surface area contributed by atoms with Crippen LogP contribution in [-0.2, 0) is 13.0 Å². The summed E-state index contributed by atoms with van der Waals surface area (Å²) in [6.45, 7) is 3.46. The molecule has 5 rings (SSSR count). The van der Waals surface area contributed by atoms with E-state index in [1.807, 2.05) is 0 Å². The molecule has 0 radical (unpaired) electrons. The average molecular weight is 358 g/mol. The molecule has 27 heavy (non-hydrogen) atoms. The number of benzene rings is 2. The van der Waals surface area contributed by atoms with Gasteiger partial charge in [0.25, 0.3) is 0 Å². The second-order valence-corrected chi connectivity index (χ2v) is 7.73. The number of anilines is 1. The number of nitrogens with zero attached hydrogens (tertiary/aromatic N) is 2. The summed E-state index contributed by atoms with van der Waals surface area (Å²) in [6.07, 6.45) is 10.7. The molecule has 1 fully saturated rings. The average Bonchev–Trinajstić information content (AvgIpc) is 3.33. The minimum Gasteiger partial charge on any atom is -0.371 e. The standard InChI is InChI=1S/C24H27N3/c1-4-14-26(15-5-1)23-11-6-12-24-21(23)13-17-27(24)16-7-8-19-18-25-22-10-3-2-9-20(19)22/h2-3,6,9-13,17-18,25H,1,4-5,7-8,14-16H2. The smallest absolute Gasteiger partial charge is 0.0501 e. The highest BCUT2D eigenvalue weighted by Gasteiger charge is 2.14. The van der Waals surface area contributed by atoms with Gasteiger partial charge in [0.2, 0.25) is 0 Å². The number of aromatic amines is 1. The van der Waals surface area contributed by atoms with Gasteiger partial charge in [-0.3, -0.25) is 0 Å². The van der Waals surface area contributed by atoms with Crippen molar-refractivity contribution in [2.45, 2.75) is 38.6 Å². The first kappa shape index (κ1) is 16.5. The Morgan fingerprint density at radius 1 is 0.852 bits per heavy atom. The topological polar surface area (TPSA) is 24.0 Å². The summed E-state index contributed by atoms with van der Waals surface area (Å²) >= 11 is 0. The molecule has 1 N–H and O–H groups in total. The Bertz CT molecular complexity index is 1050. The molecule has 3 heteroatoms. The molecular weight excluding hydrogens is 330 g/mol. The first-order valence-electron chi connectivity index (χ1n) is 10.3. The Labute approximate surface area is 160 Å². The van der Waals surface area contributed by atoms with Crippen LogP contribution in [0.3, 0.4) is 0 Å². The van der Waals surface area contributed by atoms with E-state index in [9.17, 15) is 0 Å². The van der Waals surface area contributed by atoms with Crippen LogP contribution in [0.25, 0.3) is 21.8 Å². The Morgan fingerprint density at radius 3 is 2.67 bits per heavy atom. The lowest BCUT2D eigenvalue weighted by Crippen LogP contribution is -2.29. The van der Waals surface area contributed by atoms with E-state index in [0.717, 1.165) is 19.4 Å². The molecule has 0 aliphatic carbocycles. The van der Waals surface area contributed by atoms with Crippen LogP contribution < -0.4 is 4.90 Å². The van der Waals surface area contributed by atoms with Crippen LogP contribution in [0.5, 0.6) is 0 Å². The number of aromatic nitrogens is 2. The van der Waals surface area contributed by atoms with E-state index in [-0.39, 0.29) is 0 Å². The van der Waals surface area contributed by atoms with E-state index in [1.54, 1.807) is 0 Å². The zero-order valence-corrected chi connectivity index (χ0v) is 15.8. The second-order valence-electron chi connectivity index (χ2n) is 7.73. The van der Waals surface area contributed by atoms with Gasteiger partial charge < -0.3 is 14.5 Å². The van der Waals surface area contributed by atoms with Gasteiger partial charge in [-0.25, -0.2) is 0 Å². The SMILES string of the molecule is c1ccc2c(CCCn3ccc4c(N5CCCCC5)cccc43)c[nH]c2c1. The molecule has 2 aromatic heterocycles. The number of hydrogen-bond acceptors (Lipinski definition) is 1. The molecule has 0 saturated carbocycles. The van der Waals surface area contributed by atoms with E-state index >= 15 is 0 Å². The quantitative estimate of drug-likeness (QED) is 0.483. The Hall–Kier alpha value is -2.68. The fraction of sp³-hybridized carbons (Fsp3) is 0.333. The van der Waals surface area contributed by atoms with E-state index < -0.39 is 0 Å². The van der Waals surface area contributed by atoms with Gasteiger partial charge in [-0.05, 0) is 61.9 Å². The van der Waals surface area contributed by atoms with Crippen LogP contribution >= 0.6 is 0 Å². The first-order chi connectivity index (χ1) is 13.4. The summed E-state index contributed by atoms with van der Waals surface area (Å²) in [6, 6.07) is 17.7. The third-order valence-electron chi connectivity index (χ3n) is 6.01. The fourth-order valence-electron chi connectivity index (χ4n) is 4.59. The molecule has 3 heterocycles. The summed E-state index contributed by atoms with van der Waals surface area (Å²) < 4.78 is 2.43. The van der Waals surface area contributed by atoms with Gasteiger partial charge in [0.1, 0.15) is 0 Å². The van der Waals surface area contributed by atoms with E-state index in [2.05, 4.69) is 75.4 Å². The normalized spacial score (nSPS) is 15.0. The van der Waals surface area contributed by atoms with Crippen molar-refractivity contribution < 1.29 is 0 Å². The Balaban J connectivity index is 1.33. The lowest BCUT2D eigenvalue weighted by atomic mass is 10.1. The molecule has 1 saturated heterocycles. The van der Waals surface area contributed by atoms with Crippen LogP contribution in [0.2, 0.25) is 0 Å². The number of piperidine rings is 1. The van der Waals surface area contributed by atoms with Gasteiger partial charge in [0.15, 0.2) is 0 Å². The monoisotopic (exact) mass is 357 g/mol. The minimum atomic E-state index is 1.06. The van der Waals surface area contributed by atoms with Crippen LogP contribution in [0.4, 0.5) is 5.69 Å². The van der Waals surface area contributed by atoms with Gasteiger partial charge in [-0.2, -0.15) is 0 Å². The van der Waals surface area contributed by atoms with Gasteiger partial charge in [-0.1, -0.05) is 24.3 Å². The number of nitrogens with one attached hydrogen (secondary N) is 1. The van der Waals surface area contributed by atoms with Crippen molar-refractivity contribution in [3.8, 4) is 0 Å². The summed E-state index contributed by atoms with van der Waals surface area (Å²) in [4.78, 5) is 5.96. The number of hydrogen-bond donors (Lipinski definition) is 1. The summed E-state index contributed by atoms with van der Waals surface area (Å²) in [5.41, 5.74) is 5.46. The fourth-order valence-corrected chi connectivity index (χ4v) is 4.59. The zero-order chi connectivity index (χ0) is 18.1. The second kappa shape index (κ2) is 7.15. The molecule has 0 amide bonds. The lowest BCUT2D eigenvalue weighted by molar-refractivity contribution is 0.579. The van der Waals surface area contributed by atoms with Crippen molar-refractivity contribution in [3.63, 3.8) is 0 Å². The van der Waals surface area contributed by atoms with Gasteiger partial charge >= 0.3 is 0 Å². The summed E-state index contributed by atoms with van der Waals surface area (Å²) in [7, 11) is 0. The van der Waals surface area contributed by atoms with Crippen molar-refractivity contribution in [3.05, 3.63) is 66.5 Å². The molecule has 1 aliphatic rings. The predicted octanol–water partition coefficient (Wildman–Crippen LogP) is 5.75. The highest BCUT2D eigenvalue weighted by atomic mass is 15.1. The predicted molar refractivity (Wildman–Crippen MR) is 115 cm³/mol. The lowest BCUT2D eigenvalue weighted by Gasteiger charge is -2.29. The van der Waals surface area contributed by atoms with Crippen LogP contribution in [0, 0.1) is 0 Å². The van der Waals surface area contributed by atoms with Gasteiger partial charge in [-0.15, -0.1) is 0 Å². The van der Waals surface area contributed by atoms with Crippen molar-refractivity contribution >= 4 is 27.5 Å². The Morgan fingerprint density at radius 2 is 1.74 bits per heavy atom. The maximum absolute atomic E-state index is 3.39. The van der Waals surface area contributed by atoms with E-state index in [0.29, 0.717) is 0 Å². The van der Waals surface area contributed by atoms with Gasteiger partial charge in [0, 0.05) is 54.0 Å². The number of fused-ring (bicyclic) bond motifs is 2. The number of aryl methyl sites for hydroxylation is 2. The highest BCUT2D eigenvalue weighted by Crippen LogP contribution is 2.30. The molecule has 0 bridgehead atoms. The molecule has 138 valence electrons. The van der Waals surface area contributed by atoms with Crippen molar-refractivity contribution in [1.82, 2.24) is 9.55 Å². The van der Waals surface area contributed by atoms with Crippen LogP contribution in [0.1, 0.15) is 31.2 Å². The highest BCUT2D eigenvalue weighted by molar-refractivity contribution is 5.93. The maximum atomic E-state index is 3.39. The molecular formula is C24H27N3. The maximum Gasteiger partial charge on any atom is 0.0501 e. The minimum absolute atomic E-state index is 1.06. The summed E-state index contributed by atoms with van der Waals surface area (Å²) in [5.74, 6) is 0. The molecule has 0 spiro atoms. The number of H-pyrrole nitrogens is 1. The summed E-state index contributed by atoms with van der Waals surface area (Å²) in [5, 5.41) is 2.77. The third-order valence-corrected chi connectivity index (χ3v) is 6.01. The van der Waals surface area contributed by atoms with Crippen molar-refractivity contribution in [2.24, 2.45) is 0 Å². The van der Waals surface area contributed by atoms with Gasteiger partial charge in [0.05, 0.1) is 5.52 Å².